The fourth-order valence-electron chi connectivity index (χ4n) is 5.54. The Kier molecular flexibility index (Phi) is 5.68. The minimum absolute atomic E-state index is 0.190. The third-order valence-corrected chi connectivity index (χ3v) is 7.52. The SMILES string of the molecule is N#CCC1(n2cc(-c3c(F)cnc4[nH]ccc34)cn2)CN(C2CCN(C(=O)c3ccc(F)cn3)CC2)C1. The van der Waals surface area contributed by atoms with E-state index >= 15 is 0 Å². The van der Waals surface area contributed by atoms with Crippen LogP contribution in [-0.2, 0) is 5.54 Å². The first-order valence-electron chi connectivity index (χ1n) is 12.2. The number of pyridine rings is 2. The Morgan fingerprint density at radius 1 is 1.14 bits per heavy atom. The fraction of sp³-hybridized carbons (Fsp3) is 0.346. The highest BCUT2D eigenvalue weighted by Gasteiger charge is 2.48. The topological polar surface area (TPSA) is 107 Å². The number of carbonyl (C=O) groups is 1. The Morgan fingerprint density at radius 3 is 2.68 bits per heavy atom. The van der Waals surface area contributed by atoms with E-state index in [1.54, 1.807) is 28.0 Å². The summed E-state index contributed by atoms with van der Waals surface area (Å²) in [6, 6.07) is 7.02. The highest BCUT2D eigenvalue weighted by molar-refractivity contribution is 5.93. The number of hydrogen-bond acceptors (Lipinski definition) is 6. The molecule has 0 spiro atoms. The highest BCUT2D eigenvalue weighted by Crippen LogP contribution is 2.38. The summed E-state index contributed by atoms with van der Waals surface area (Å²) >= 11 is 0. The largest absolute Gasteiger partial charge is 0.346 e. The molecule has 188 valence electrons. The lowest BCUT2D eigenvalue weighted by molar-refractivity contribution is -0.0412. The van der Waals surface area contributed by atoms with Gasteiger partial charge in [-0.1, -0.05) is 0 Å². The van der Waals surface area contributed by atoms with Crippen LogP contribution < -0.4 is 0 Å². The number of nitrogens with one attached hydrogen (secondary N) is 1. The molecule has 2 aliphatic heterocycles. The maximum absolute atomic E-state index is 14.7. The maximum atomic E-state index is 14.7. The number of amides is 1. The molecule has 0 aliphatic carbocycles. The van der Waals surface area contributed by atoms with Crippen LogP contribution in [0.25, 0.3) is 22.2 Å². The molecular weight excluding hydrogens is 478 g/mol. The zero-order valence-corrected chi connectivity index (χ0v) is 19.9. The number of hydrogen-bond donors (Lipinski definition) is 1. The number of piperidine rings is 1. The van der Waals surface area contributed by atoms with Crippen LogP contribution in [0.1, 0.15) is 29.8 Å². The average molecular weight is 503 g/mol. The summed E-state index contributed by atoms with van der Waals surface area (Å²) in [7, 11) is 0. The van der Waals surface area contributed by atoms with Crippen molar-refractivity contribution in [1.29, 1.82) is 5.26 Å². The van der Waals surface area contributed by atoms with Crippen molar-refractivity contribution in [3.05, 3.63) is 66.5 Å². The van der Waals surface area contributed by atoms with Crippen LogP contribution in [-0.4, -0.2) is 72.7 Å². The number of carbonyl (C=O) groups excluding carboxylic acids is 1. The van der Waals surface area contributed by atoms with E-state index in [9.17, 15) is 18.8 Å². The van der Waals surface area contributed by atoms with Crippen LogP contribution in [0.5, 0.6) is 0 Å². The van der Waals surface area contributed by atoms with Gasteiger partial charge in [-0.05, 0) is 31.0 Å². The number of nitriles is 1. The maximum Gasteiger partial charge on any atom is 0.272 e. The van der Waals surface area contributed by atoms with E-state index in [0.29, 0.717) is 48.3 Å². The molecule has 1 amide bonds. The van der Waals surface area contributed by atoms with E-state index in [1.165, 1.54) is 18.3 Å². The summed E-state index contributed by atoms with van der Waals surface area (Å²) < 4.78 is 29.7. The van der Waals surface area contributed by atoms with Gasteiger partial charge in [0.2, 0.25) is 0 Å². The number of H-pyrrole nitrogens is 1. The standard InChI is InChI=1S/C26H24F2N8O/c27-18-1-2-22(31-12-18)25(37)34-9-4-19(5-10-34)35-15-26(16-35,6-7-29)36-14-17(11-33-36)23-20-3-8-30-24(20)32-13-21(23)28/h1-3,8,11-14,19H,4-6,9-10,15-16H2,(H,30,32). The molecule has 9 nitrogen and oxygen atoms in total. The van der Waals surface area contributed by atoms with Crippen molar-refractivity contribution in [3.8, 4) is 17.2 Å². The van der Waals surface area contributed by atoms with Crippen LogP contribution in [0.3, 0.4) is 0 Å². The monoisotopic (exact) mass is 502 g/mol. The molecule has 0 radical (unpaired) electrons. The Balaban J connectivity index is 1.14. The van der Waals surface area contributed by atoms with Gasteiger partial charge in [-0.2, -0.15) is 10.4 Å². The third-order valence-electron chi connectivity index (χ3n) is 7.52. The third kappa shape index (κ3) is 4.03. The molecule has 0 unspecified atom stereocenters. The van der Waals surface area contributed by atoms with Gasteiger partial charge in [0.15, 0.2) is 0 Å². The van der Waals surface area contributed by atoms with Gasteiger partial charge < -0.3 is 9.88 Å². The van der Waals surface area contributed by atoms with Crippen LogP contribution in [0.4, 0.5) is 8.78 Å². The molecule has 0 aromatic carbocycles. The minimum Gasteiger partial charge on any atom is -0.346 e. The quantitative estimate of drug-likeness (QED) is 0.449. The van der Waals surface area contributed by atoms with Crippen LogP contribution >= 0.6 is 0 Å². The second-order valence-electron chi connectivity index (χ2n) is 9.74. The Morgan fingerprint density at radius 2 is 1.95 bits per heavy atom. The average Bonchev–Trinajstić information content (AvgIpc) is 3.56. The van der Waals surface area contributed by atoms with Crippen molar-refractivity contribution in [3.63, 3.8) is 0 Å². The van der Waals surface area contributed by atoms with Crippen LogP contribution in [0, 0.1) is 23.0 Å². The summed E-state index contributed by atoms with van der Waals surface area (Å²) in [5.74, 6) is -1.08. The Bertz CT molecular complexity index is 1490. The van der Waals surface area contributed by atoms with Crippen molar-refractivity contribution in [2.75, 3.05) is 26.2 Å². The number of fused-ring (bicyclic) bond motifs is 1. The van der Waals surface area contributed by atoms with E-state index in [-0.39, 0.29) is 24.1 Å². The highest BCUT2D eigenvalue weighted by atomic mass is 19.1. The Hall–Kier alpha value is -4.17. The predicted octanol–water partition coefficient (Wildman–Crippen LogP) is 3.33. The normalized spacial score (nSPS) is 18.0. The molecule has 0 saturated carbocycles. The van der Waals surface area contributed by atoms with E-state index in [0.717, 1.165) is 19.0 Å². The lowest BCUT2D eigenvalue weighted by Crippen LogP contribution is -2.66. The second-order valence-corrected chi connectivity index (χ2v) is 9.74. The molecular formula is C26H24F2N8O. The second kappa shape index (κ2) is 9.05. The van der Waals surface area contributed by atoms with E-state index in [2.05, 4.69) is 31.0 Å². The molecule has 6 heterocycles. The van der Waals surface area contributed by atoms with E-state index in [1.807, 2.05) is 6.20 Å². The molecule has 6 rings (SSSR count). The summed E-state index contributed by atoms with van der Waals surface area (Å²) in [4.78, 5) is 27.8. The lowest BCUT2D eigenvalue weighted by Gasteiger charge is -2.53. The van der Waals surface area contributed by atoms with Gasteiger partial charge in [0, 0.05) is 61.1 Å². The van der Waals surface area contributed by atoms with Gasteiger partial charge >= 0.3 is 0 Å². The number of rotatable bonds is 5. The number of halogens is 2. The molecule has 4 aromatic rings. The molecule has 4 aromatic heterocycles. The zero-order chi connectivity index (χ0) is 25.6. The molecule has 1 N–H and O–H groups in total. The van der Waals surface area contributed by atoms with Gasteiger partial charge in [0.1, 0.15) is 28.5 Å². The van der Waals surface area contributed by atoms with Crippen molar-refractivity contribution >= 4 is 16.9 Å². The van der Waals surface area contributed by atoms with Crippen LogP contribution in [0.15, 0.2) is 49.2 Å². The fourth-order valence-corrected chi connectivity index (χ4v) is 5.54. The molecule has 11 heteroatoms. The summed E-state index contributed by atoms with van der Waals surface area (Å²) in [6.07, 6.45) is 9.32. The Labute approximate surface area is 211 Å². The zero-order valence-electron chi connectivity index (χ0n) is 19.9. The minimum atomic E-state index is -0.487. The molecule has 2 fully saturated rings. The van der Waals surface area contributed by atoms with Crippen LogP contribution in [0.2, 0.25) is 0 Å². The molecule has 2 aliphatic rings. The first-order valence-corrected chi connectivity index (χ1v) is 12.2. The van der Waals surface area contributed by atoms with Crippen molar-refractivity contribution < 1.29 is 13.6 Å². The molecule has 0 atom stereocenters. The molecule has 37 heavy (non-hydrogen) atoms. The van der Waals surface area contributed by atoms with E-state index in [4.69, 9.17) is 0 Å². The summed E-state index contributed by atoms with van der Waals surface area (Å²) in [6.45, 7) is 2.48. The number of nitrogens with zero attached hydrogens (tertiary/aromatic N) is 7. The number of aromatic amines is 1. The molecule has 2 saturated heterocycles. The predicted molar refractivity (Wildman–Crippen MR) is 130 cm³/mol. The first-order chi connectivity index (χ1) is 18.0. The van der Waals surface area contributed by atoms with Crippen molar-refractivity contribution in [2.24, 2.45) is 0 Å². The summed E-state index contributed by atoms with van der Waals surface area (Å²) in [5.41, 5.74) is 1.44. The van der Waals surface area contributed by atoms with Crippen molar-refractivity contribution in [2.45, 2.75) is 30.8 Å². The van der Waals surface area contributed by atoms with Gasteiger partial charge in [-0.25, -0.2) is 18.7 Å². The lowest BCUT2D eigenvalue weighted by atomic mass is 9.83. The van der Waals surface area contributed by atoms with Gasteiger partial charge in [0.05, 0.1) is 31.1 Å². The summed E-state index contributed by atoms with van der Waals surface area (Å²) in [5, 5.41) is 14.8. The first kappa shape index (κ1) is 23.2. The molecule has 0 bridgehead atoms. The number of likely N-dealkylation sites (tertiary alicyclic amines) is 2. The number of aromatic nitrogens is 5. The van der Waals surface area contributed by atoms with Gasteiger partial charge in [-0.3, -0.25) is 14.4 Å². The van der Waals surface area contributed by atoms with E-state index < -0.39 is 17.2 Å². The van der Waals surface area contributed by atoms with Gasteiger partial charge in [-0.15, -0.1) is 0 Å². The van der Waals surface area contributed by atoms with Crippen molar-refractivity contribution in [1.82, 2.24) is 34.5 Å². The smallest absolute Gasteiger partial charge is 0.272 e. The van der Waals surface area contributed by atoms with Gasteiger partial charge in [0.25, 0.3) is 5.91 Å².